The summed E-state index contributed by atoms with van der Waals surface area (Å²) in [5, 5.41) is 12.2. The Morgan fingerprint density at radius 1 is 1.17 bits per heavy atom. The number of cyclic esters (lactones) is 1. The highest BCUT2D eigenvalue weighted by molar-refractivity contribution is 5.89. The molecule has 5 nitrogen and oxygen atoms in total. The standard InChI is InChI=1S/C18H17N3O2/c1-13(15-4-2-14(12-19)3-5-15)20-16-6-8-17(9-7-16)21-10-11-23-18(21)22/h2-9,13,20H,10-11H2,1H3/t13-/m1/s1. The molecule has 1 atom stereocenters. The highest BCUT2D eigenvalue weighted by Crippen LogP contribution is 2.24. The SMILES string of the molecule is C[C@@H](Nc1ccc(N2CCOC2=O)cc1)c1ccc(C#N)cc1. The van der Waals surface area contributed by atoms with Crippen LogP contribution < -0.4 is 10.2 Å². The fourth-order valence-corrected chi connectivity index (χ4v) is 2.55. The number of nitrogens with one attached hydrogen (secondary N) is 1. The molecule has 116 valence electrons. The first-order valence-electron chi connectivity index (χ1n) is 7.48. The molecule has 1 N–H and O–H groups in total. The van der Waals surface area contributed by atoms with Gasteiger partial charge in [-0.1, -0.05) is 12.1 Å². The zero-order valence-corrected chi connectivity index (χ0v) is 12.8. The molecule has 1 aliphatic rings. The lowest BCUT2D eigenvalue weighted by atomic mass is 10.1. The molecule has 1 heterocycles. The number of anilines is 2. The summed E-state index contributed by atoms with van der Waals surface area (Å²) in [7, 11) is 0. The Kier molecular flexibility index (Phi) is 4.15. The number of nitrogens with zero attached hydrogens (tertiary/aromatic N) is 2. The lowest BCUT2D eigenvalue weighted by molar-refractivity contribution is 0.181. The van der Waals surface area contributed by atoms with Crippen molar-refractivity contribution in [3.05, 3.63) is 59.7 Å². The van der Waals surface area contributed by atoms with E-state index in [1.54, 1.807) is 4.90 Å². The molecule has 1 amide bonds. The summed E-state index contributed by atoms with van der Waals surface area (Å²) >= 11 is 0. The first-order valence-corrected chi connectivity index (χ1v) is 7.48. The van der Waals surface area contributed by atoms with Crippen molar-refractivity contribution >= 4 is 17.5 Å². The number of carbonyl (C=O) groups is 1. The quantitative estimate of drug-likeness (QED) is 0.935. The predicted molar refractivity (Wildman–Crippen MR) is 88.3 cm³/mol. The molecule has 23 heavy (non-hydrogen) atoms. The van der Waals surface area contributed by atoms with Gasteiger partial charge in [0, 0.05) is 17.4 Å². The minimum absolute atomic E-state index is 0.116. The molecule has 0 radical (unpaired) electrons. The van der Waals surface area contributed by atoms with E-state index in [4.69, 9.17) is 10.00 Å². The van der Waals surface area contributed by atoms with E-state index in [0.717, 1.165) is 16.9 Å². The van der Waals surface area contributed by atoms with Gasteiger partial charge in [0.15, 0.2) is 0 Å². The number of hydrogen-bond acceptors (Lipinski definition) is 4. The van der Waals surface area contributed by atoms with Crippen LogP contribution in [0, 0.1) is 11.3 Å². The van der Waals surface area contributed by atoms with E-state index in [9.17, 15) is 4.79 Å². The summed E-state index contributed by atoms with van der Waals surface area (Å²) in [5.41, 5.74) is 3.57. The monoisotopic (exact) mass is 307 g/mol. The molecule has 1 fully saturated rings. The second-order valence-electron chi connectivity index (χ2n) is 5.41. The Hall–Kier alpha value is -3.00. The fourth-order valence-electron chi connectivity index (χ4n) is 2.55. The van der Waals surface area contributed by atoms with E-state index in [-0.39, 0.29) is 12.1 Å². The van der Waals surface area contributed by atoms with E-state index in [0.29, 0.717) is 18.7 Å². The fraction of sp³-hybridized carbons (Fsp3) is 0.222. The third-order valence-electron chi connectivity index (χ3n) is 3.86. The normalized spacial score (nSPS) is 15.0. The molecule has 0 bridgehead atoms. The zero-order valence-electron chi connectivity index (χ0n) is 12.8. The molecule has 0 aromatic heterocycles. The van der Waals surface area contributed by atoms with Crippen molar-refractivity contribution in [2.24, 2.45) is 0 Å². The van der Waals surface area contributed by atoms with Crippen LogP contribution in [0.4, 0.5) is 16.2 Å². The molecule has 2 aromatic carbocycles. The number of carbonyl (C=O) groups excluding carboxylic acids is 1. The third kappa shape index (κ3) is 3.27. The van der Waals surface area contributed by atoms with Crippen molar-refractivity contribution in [3.8, 4) is 6.07 Å². The van der Waals surface area contributed by atoms with Crippen LogP contribution in [0.2, 0.25) is 0 Å². The molecule has 0 saturated carbocycles. The van der Waals surface area contributed by atoms with Gasteiger partial charge in [0.1, 0.15) is 6.61 Å². The van der Waals surface area contributed by atoms with Crippen molar-refractivity contribution in [3.63, 3.8) is 0 Å². The van der Waals surface area contributed by atoms with Gasteiger partial charge < -0.3 is 10.1 Å². The highest BCUT2D eigenvalue weighted by Gasteiger charge is 2.23. The second kappa shape index (κ2) is 6.41. The van der Waals surface area contributed by atoms with Crippen LogP contribution in [0.5, 0.6) is 0 Å². The van der Waals surface area contributed by atoms with Gasteiger partial charge in [0.2, 0.25) is 0 Å². The molecule has 1 saturated heterocycles. The third-order valence-corrected chi connectivity index (χ3v) is 3.86. The van der Waals surface area contributed by atoms with Crippen molar-refractivity contribution in [2.75, 3.05) is 23.4 Å². The van der Waals surface area contributed by atoms with E-state index in [1.807, 2.05) is 48.5 Å². The largest absolute Gasteiger partial charge is 0.447 e. The minimum Gasteiger partial charge on any atom is -0.447 e. The molecule has 5 heteroatoms. The summed E-state index contributed by atoms with van der Waals surface area (Å²) in [6, 6.07) is 17.5. The van der Waals surface area contributed by atoms with E-state index < -0.39 is 0 Å². The topological polar surface area (TPSA) is 65.4 Å². The summed E-state index contributed by atoms with van der Waals surface area (Å²) < 4.78 is 4.94. The van der Waals surface area contributed by atoms with Crippen molar-refractivity contribution in [2.45, 2.75) is 13.0 Å². The van der Waals surface area contributed by atoms with Gasteiger partial charge in [-0.25, -0.2) is 4.79 Å². The second-order valence-corrected chi connectivity index (χ2v) is 5.41. The van der Waals surface area contributed by atoms with E-state index >= 15 is 0 Å². The van der Waals surface area contributed by atoms with Gasteiger partial charge in [-0.05, 0) is 48.9 Å². The average Bonchev–Trinajstić information content (AvgIpc) is 3.01. The van der Waals surface area contributed by atoms with Crippen molar-refractivity contribution in [1.29, 1.82) is 5.26 Å². The van der Waals surface area contributed by atoms with Crippen LogP contribution in [0.25, 0.3) is 0 Å². The lowest BCUT2D eigenvalue weighted by Crippen LogP contribution is -2.23. The number of benzene rings is 2. The van der Waals surface area contributed by atoms with E-state index in [1.165, 1.54) is 0 Å². The Bertz CT molecular complexity index is 732. The maximum atomic E-state index is 11.5. The van der Waals surface area contributed by atoms with Gasteiger partial charge in [-0.15, -0.1) is 0 Å². The minimum atomic E-state index is -0.295. The molecule has 0 aliphatic carbocycles. The van der Waals surface area contributed by atoms with Gasteiger partial charge in [0.25, 0.3) is 0 Å². The van der Waals surface area contributed by atoms with Crippen LogP contribution in [0.15, 0.2) is 48.5 Å². The van der Waals surface area contributed by atoms with Gasteiger partial charge in [-0.3, -0.25) is 4.90 Å². The van der Waals surface area contributed by atoms with Crippen LogP contribution in [-0.2, 0) is 4.74 Å². The smallest absolute Gasteiger partial charge is 0.414 e. The van der Waals surface area contributed by atoms with E-state index in [2.05, 4.69) is 18.3 Å². The van der Waals surface area contributed by atoms with Crippen LogP contribution >= 0.6 is 0 Å². The lowest BCUT2D eigenvalue weighted by Gasteiger charge is -2.17. The summed E-state index contributed by atoms with van der Waals surface area (Å²) in [5.74, 6) is 0. The first kappa shape index (κ1) is 14.9. The maximum Gasteiger partial charge on any atom is 0.414 e. The molecular formula is C18H17N3O2. The molecule has 0 unspecified atom stereocenters. The number of rotatable bonds is 4. The van der Waals surface area contributed by atoms with Gasteiger partial charge in [-0.2, -0.15) is 5.26 Å². The zero-order chi connectivity index (χ0) is 16.2. The Morgan fingerprint density at radius 2 is 1.87 bits per heavy atom. The average molecular weight is 307 g/mol. The number of amides is 1. The number of hydrogen-bond donors (Lipinski definition) is 1. The molecule has 0 spiro atoms. The van der Waals surface area contributed by atoms with Crippen LogP contribution in [-0.4, -0.2) is 19.2 Å². The predicted octanol–water partition coefficient (Wildman–Crippen LogP) is 3.69. The van der Waals surface area contributed by atoms with Gasteiger partial charge in [0.05, 0.1) is 18.2 Å². The molecular weight excluding hydrogens is 290 g/mol. The Labute approximate surface area is 135 Å². The maximum absolute atomic E-state index is 11.5. The van der Waals surface area contributed by atoms with Gasteiger partial charge >= 0.3 is 6.09 Å². The molecule has 1 aliphatic heterocycles. The molecule has 3 rings (SSSR count). The van der Waals surface area contributed by atoms with Crippen molar-refractivity contribution in [1.82, 2.24) is 0 Å². The Morgan fingerprint density at radius 3 is 2.43 bits per heavy atom. The number of nitriles is 1. The summed E-state index contributed by atoms with van der Waals surface area (Å²) in [4.78, 5) is 13.2. The summed E-state index contributed by atoms with van der Waals surface area (Å²) in [6.07, 6.45) is -0.295. The van der Waals surface area contributed by atoms with Crippen LogP contribution in [0.1, 0.15) is 24.1 Å². The highest BCUT2D eigenvalue weighted by atomic mass is 16.6. The van der Waals surface area contributed by atoms with Crippen molar-refractivity contribution < 1.29 is 9.53 Å². The number of ether oxygens (including phenoxy) is 1. The first-order chi connectivity index (χ1) is 11.2. The Balaban J connectivity index is 1.67. The van der Waals surface area contributed by atoms with Crippen LogP contribution in [0.3, 0.4) is 0 Å². The molecule has 2 aromatic rings. The summed E-state index contributed by atoms with van der Waals surface area (Å²) in [6.45, 7) is 3.09.